The van der Waals surface area contributed by atoms with Gasteiger partial charge in [-0.3, -0.25) is 4.98 Å². The van der Waals surface area contributed by atoms with E-state index in [9.17, 15) is 4.79 Å². The van der Waals surface area contributed by atoms with Crippen molar-refractivity contribution in [2.75, 3.05) is 10.6 Å². The number of amides is 2. The van der Waals surface area contributed by atoms with E-state index in [1.165, 1.54) is 0 Å². The fraction of sp³-hybridized carbons (Fsp3) is 0. The Labute approximate surface area is 149 Å². The number of rotatable bonds is 2. The van der Waals surface area contributed by atoms with Crippen LogP contribution in [0.25, 0.3) is 10.9 Å². The molecule has 118 valence electrons. The molecular weight excluding hydrogens is 357 g/mol. The maximum Gasteiger partial charge on any atom is 0.323 e. The maximum absolute atomic E-state index is 12.1. The lowest BCUT2D eigenvalue weighted by atomic mass is 10.2. The molecule has 0 aliphatic carbocycles. The molecular formula is C16H12Cl3N3O. The fourth-order valence-corrected chi connectivity index (χ4v) is 2.64. The van der Waals surface area contributed by atoms with E-state index in [2.05, 4.69) is 15.6 Å². The summed E-state index contributed by atoms with van der Waals surface area (Å²) in [6, 6.07) is 13.8. The Balaban J connectivity index is 0.00000192. The number of anilines is 2. The van der Waals surface area contributed by atoms with Crippen LogP contribution in [-0.2, 0) is 0 Å². The Morgan fingerprint density at radius 3 is 2.39 bits per heavy atom. The van der Waals surface area contributed by atoms with E-state index in [0.717, 1.165) is 10.9 Å². The summed E-state index contributed by atoms with van der Waals surface area (Å²) < 4.78 is 0. The monoisotopic (exact) mass is 367 g/mol. The topological polar surface area (TPSA) is 54.0 Å². The van der Waals surface area contributed by atoms with Crippen molar-refractivity contribution in [3.8, 4) is 0 Å². The van der Waals surface area contributed by atoms with Gasteiger partial charge < -0.3 is 10.6 Å². The van der Waals surface area contributed by atoms with Crippen LogP contribution in [0.3, 0.4) is 0 Å². The molecule has 0 aliphatic rings. The lowest BCUT2D eigenvalue weighted by molar-refractivity contribution is 0.262. The lowest BCUT2D eigenvalue weighted by Crippen LogP contribution is -2.19. The van der Waals surface area contributed by atoms with Crippen molar-refractivity contribution in [1.82, 2.24) is 4.98 Å². The van der Waals surface area contributed by atoms with Crippen molar-refractivity contribution in [3.05, 3.63) is 64.8 Å². The Hall–Kier alpha value is -2.01. The molecule has 2 N–H and O–H groups in total. The van der Waals surface area contributed by atoms with Crippen molar-refractivity contribution in [1.29, 1.82) is 0 Å². The molecule has 23 heavy (non-hydrogen) atoms. The number of carbonyl (C=O) groups is 1. The van der Waals surface area contributed by atoms with Crippen molar-refractivity contribution in [3.63, 3.8) is 0 Å². The number of benzene rings is 2. The van der Waals surface area contributed by atoms with Gasteiger partial charge in [-0.1, -0.05) is 41.4 Å². The van der Waals surface area contributed by atoms with Gasteiger partial charge in [-0.2, -0.15) is 0 Å². The average molecular weight is 369 g/mol. The Bertz CT molecular complexity index is 829. The largest absolute Gasteiger partial charge is 0.323 e. The van der Waals surface area contributed by atoms with E-state index in [1.807, 2.05) is 24.3 Å². The van der Waals surface area contributed by atoms with Crippen LogP contribution in [0.2, 0.25) is 10.0 Å². The number of aromatic nitrogens is 1. The standard InChI is InChI=1S/C16H11Cl2N3O.ClH/c17-10-7-11(18)9-12(8-10)20-16(22)21-15-5-6-19-14-4-2-1-3-13(14)15;/h1-9H,(H2,19,20,21,22);1H. The van der Waals surface area contributed by atoms with Gasteiger partial charge in [-0.15, -0.1) is 12.4 Å². The van der Waals surface area contributed by atoms with E-state index in [0.29, 0.717) is 21.4 Å². The minimum absolute atomic E-state index is 0. The molecule has 0 bridgehead atoms. The van der Waals surface area contributed by atoms with Crippen LogP contribution >= 0.6 is 35.6 Å². The molecule has 0 aliphatic heterocycles. The Morgan fingerprint density at radius 1 is 0.957 bits per heavy atom. The van der Waals surface area contributed by atoms with Gasteiger partial charge in [-0.25, -0.2) is 4.79 Å². The van der Waals surface area contributed by atoms with Crippen LogP contribution in [0.5, 0.6) is 0 Å². The number of urea groups is 1. The first-order chi connectivity index (χ1) is 10.6. The Kier molecular flexibility index (Phi) is 5.66. The number of nitrogens with zero attached hydrogens (tertiary/aromatic N) is 1. The van der Waals surface area contributed by atoms with Crippen LogP contribution in [-0.4, -0.2) is 11.0 Å². The molecule has 2 amide bonds. The van der Waals surface area contributed by atoms with Crippen LogP contribution in [0, 0.1) is 0 Å². The molecule has 4 nitrogen and oxygen atoms in total. The predicted octanol–water partition coefficient (Wildman–Crippen LogP) is 5.61. The third kappa shape index (κ3) is 4.26. The molecule has 2 aromatic carbocycles. The summed E-state index contributed by atoms with van der Waals surface area (Å²) in [5.74, 6) is 0. The third-order valence-corrected chi connectivity index (χ3v) is 3.45. The first kappa shape index (κ1) is 17.3. The average Bonchev–Trinajstić information content (AvgIpc) is 2.46. The zero-order chi connectivity index (χ0) is 15.5. The van der Waals surface area contributed by atoms with Crippen LogP contribution in [0.4, 0.5) is 16.2 Å². The third-order valence-electron chi connectivity index (χ3n) is 3.02. The molecule has 1 aromatic heterocycles. The number of hydrogen-bond acceptors (Lipinski definition) is 2. The maximum atomic E-state index is 12.1. The van der Waals surface area contributed by atoms with Crippen LogP contribution in [0.15, 0.2) is 54.7 Å². The number of pyridine rings is 1. The van der Waals surface area contributed by atoms with E-state index in [-0.39, 0.29) is 18.4 Å². The van der Waals surface area contributed by atoms with Gasteiger partial charge in [0.05, 0.1) is 11.2 Å². The van der Waals surface area contributed by atoms with Gasteiger partial charge >= 0.3 is 6.03 Å². The highest BCUT2D eigenvalue weighted by Gasteiger charge is 2.07. The van der Waals surface area contributed by atoms with Gasteiger partial charge in [0.1, 0.15) is 0 Å². The number of carbonyl (C=O) groups excluding carboxylic acids is 1. The molecule has 3 rings (SSSR count). The van der Waals surface area contributed by atoms with Crippen molar-refractivity contribution in [2.24, 2.45) is 0 Å². The molecule has 0 saturated carbocycles. The highest BCUT2D eigenvalue weighted by molar-refractivity contribution is 6.35. The first-order valence-electron chi connectivity index (χ1n) is 6.50. The minimum Gasteiger partial charge on any atom is -0.308 e. The van der Waals surface area contributed by atoms with Gasteiger partial charge in [0.25, 0.3) is 0 Å². The SMILES string of the molecule is Cl.O=C(Nc1cc(Cl)cc(Cl)c1)Nc1ccnc2ccccc12. The van der Waals surface area contributed by atoms with Crippen molar-refractivity contribution >= 4 is 63.9 Å². The molecule has 0 spiro atoms. The van der Waals surface area contributed by atoms with Crippen LogP contribution in [0.1, 0.15) is 0 Å². The lowest BCUT2D eigenvalue weighted by Gasteiger charge is -2.10. The quantitative estimate of drug-likeness (QED) is 0.618. The molecule has 0 saturated heterocycles. The summed E-state index contributed by atoms with van der Waals surface area (Å²) in [4.78, 5) is 16.4. The van der Waals surface area contributed by atoms with Crippen LogP contribution < -0.4 is 10.6 Å². The van der Waals surface area contributed by atoms with E-state index >= 15 is 0 Å². The molecule has 0 radical (unpaired) electrons. The number of para-hydroxylation sites is 1. The highest BCUT2D eigenvalue weighted by atomic mass is 35.5. The molecule has 0 unspecified atom stereocenters. The number of nitrogens with one attached hydrogen (secondary N) is 2. The van der Waals surface area contributed by atoms with E-state index in [4.69, 9.17) is 23.2 Å². The predicted molar refractivity (Wildman–Crippen MR) is 98.1 cm³/mol. The Morgan fingerprint density at radius 2 is 1.65 bits per heavy atom. The van der Waals surface area contributed by atoms with Crippen molar-refractivity contribution < 1.29 is 4.79 Å². The minimum atomic E-state index is -0.380. The second-order valence-corrected chi connectivity index (χ2v) is 5.49. The molecule has 0 fully saturated rings. The fourth-order valence-electron chi connectivity index (χ4n) is 2.12. The van der Waals surface area contributed by atoms with Gasteiger partial charge in [0.15, 0.2) is 0 Å². The summed E-state index contributed by atoms with van der Waals surface area (Å²) in [6.07, 6.45) is 1.65. The summed E-state index contributed by atoms with van der Waals surface area (Å²) in [6.45, 7) is 0. The van der Waals surface area contributed by atoms with E-state index in [1.54, 1.807) is 30.5 Å². The zero-order valence-electron chi connectivity index (χ0n) is 11.7. The van der Waals surface area contributed by atoms with Crippen molar-refractivity contribution in [2.45, 2.75) is 0 Å². The van der Waals surface area contributed by atoms with Gasteiger partial charge in [0, 0.05) is 27.3 Å². The second kappa shape index (κ2) is 7.51. The second-order valence-electron chi connectivity index (χ2n) is 4.61. The number of halogens is 3. The number of fused-ring (bicyclic) bond motifs is 1. The number of hydrogen-bond donors (Lipinski definition) is 2. The highest BCUT2D eigenvalue weighted by Crippen LogP contribution is 2.24. The summed E-state index contributed by atoms with van der Waals surface area (Å²) >= 11 is 11.8. The molecule has 3 aromatic rings. The zero-order valence-corrected chi connectivity index (χ0v) is 14.0. The molecule has 0 atom stereocenters. The smallest absolute Gasteiger partial charge is 0.308 e. The van der Waals surface area contributed by atoms with Gasteiger partial charge in [0.2, 0.25) is 0 Å². The first-order valence-corrected chi connectivity index (χ1v) is 7.25. The molecule has 1 heterocycles. The van der Waals surface area contributed by atoms with Gasteiger partial charge in [-0.05, 0) is 30.3 Å². The van der Waals surface area contributed by atoms with E-state index < -0.39 is 0 Å². The summed E-state index contributed by atoms with van der Waals surface area (Å²) in [5.41, 5.74) is 2.01. The molecule has 7 heteroatoms. The summed E-state index contributed by atoms with van der Waals surface area (Å²) in [5, 5.41) is 7.27. The summed E-state index contributed by atoms with van der Waals surface area (Å²) in [7, 11) is 0. The normalized spacial score (nSPS) is 10.0.